The monoisotopic (exact) mass is 495 g/mol. The number of carbonyl (C=O) groups is 2. The number of hydrogen-bond acceptors (Lipinski definition) is 5. The summed E-state index contributed by atoms with van der Waals surface area (Å²) in [5, 5.41) is 5.51. The second-order valence-electron chi connectivity index (χ2n) is 8.82. The van der Waals surface area contributed by atoms with Crippen LogP contribution in [0.1, 0.15) is 35.9 Å². The first-order valence-corrected chi connectivity index (χ1v) is 13.1. The zero-order chi connectivity index (χ0) is 24.8. The fraction of sp³-hybridized carbons (Fsp3) is 0.308. The molecule has 2 amide bonds. The highest BCUT2D eigenvalue weighted by Crippen LogP contribution is 2.24. The van der Waals surface area contributed by atoms with Crippen molar-refractivity contribution >= 4 is 27.5 Å². The average molecular weight is 496 g/mol. The molecule has 2 N–H and O–H groups in total. The molecule has 1 aliphatic heterocycles. The van der Waals surface area contributed by atoms with E-state index in [1.807, 2.05) is 30.3 Å². The van der Waals surface area contributed by atoms with Crippen molar-refractivity contribution in [2.75, 3.05) is 18.4 Å². The van der Waals surface area contributed by atoms with Gasteiger partial charge >= 0.3 is 0 Å². The number of furan rings is 1. The van der Waals surface area contributed by atoms with E-state index in [0.717, 1.165) is 18.4 Å². The SMILES string of the molecule is C[C@@H]1CCCN(S(=O)(=O)c2ccc(NC(=O)[C@H](Cc3ccccc3)NC(=O)c3ccco3)cc2)C1. The van der Waals surface area contributed by atoms with Gasteiger partial charge in [-0.2, -0.15) is 4.31 Å². The summed E-state index contributed by atoms with van der Waals surface area (Å²) < 4.78 is 32.7. The molecule has 2 heterocycles. The number of piperidine rings is 1. The first-order valence-electron chi connectivity index (χ1n) is 11.6. The summed E-state index contributed by atoms with van der Waals surface area (Å²) in [4.78, 5) is 25.8. The Balaban J connectivity index is 1.47. The molecular formula is C26H29N3O5S. The minimum Gasteiger partial charge on any atom is -0.459 e. The van der Waals surface area contributed by atoms with E-state index in [4.69, 9.17) is 4.42 Å². The Morgan fingerprint density at radius 2 is 1.80 bits per heavy atom. The Hall–Kier alpha value is -3.43. The molecule has 0 unspecified atom stereocenters. The van der Waals surface area contributed by atoms with Crippen molar-refractivity contribution in [2.24, 2.45) is 5.92 Å². The summed E-state index contributed by atoms with van der Waals surface area (Å²) in [7, 11) is -3.59. The fourth-order valence-electron chi connectivity index (χ4n) is 4.15. The largest absolute Gasteiger partial charge is 0.459 e. The number of nitrogens with one attached hydrogen (secondary N) is 2. The summed E-state index contributed by atoms with van der Waals surface area (Å²) in [5.41, 5.74) is 1.32. The Morgan fingerprint density at radius 1 is 1.06 bits per heavy atom. The molecule has 1 aliphatic rings. The van der Waals surface area contributed by atoms with E-state index in [1.165, 1.54) is 28.8 Å². The lowest BCUT2D eigenvalue weighted by Crippen LogP contribution is -2.45. The van der Waals surface area contributed by atoms with Gasteiger partial charge in [0.25, 0.3) is 5.91 Å². The first kappa shape index (κ1) is 24.7. The van der Waals surface area contributed by atoms with Crippen LogP contribution in [0, 0.1) is 5.92 Å². The van der Waals surface area contributed by atoms with E-state index >= 15 is 0 Å². The van der Waals surface area contributed by atoms with Crippen molar-refractivity contribution in [1.82, 2.24) is 9.62 Å². The summed E-state index contributed by atoms with van der Waals surface area (Å²) in [6.45, 7) is 3.08. The van der Waals surface area contributed by atoms with Crippen molar-refractivity contribution in [2.45, 2.75) is 37.1 Å². The van der Waals surface area contributed by atoms with Crippen LogP contribution in [0.4, 0.5) is 5.69 Å². The molecule has 1 saturated heterocycles. The molecule has 1 fully saturated rings. The van der Waals surface area contributed by atoms with Gasteiger partial charge in [-0.1, -0.05) is 37.3 Å². The molecule has 184 valence electrons. The van der Waals surface area contributed by atoms with Gasteiger partial charge in [0.1, 0.15) is 6.04 Å². The lowest BCUT2D eigenvalue weighted by molar-refractivity contribution is -0.118. The highest BCUT2D eigenvalue weighted by Gasteiger charge is 2.29. The Kier molecular flexibility index (Phi) is 7.67. The molecule has 3 aromatic rings. The van der Waals surface area contributed by atoms with E-state index in [1.54, 1.807) is 18.2 Å². The number of hydrogen-bond donors (Lipinski definition) is 2. The standard InChI is InChI=1S/C26H29N3O5S/c1-19-7-5-15-29(18-19)35(32,33)22-13-11-21(12-14-22)27-25(30)23(17-20-8-3-2-4-9-20)28-26(31)24-10-6-16-34-24/h2-4,6,8-14,16,19,23H,5,7,15,17-18H2,1H3,(H,27,30)(H,28,31)/t19-,23+/m1/s1. The van der Waals surface area contributed by atoms with E-state index in [-0.39, 0.29) is 17.1 Å². The summed E-state index contributed by atoms with van der Waals surface area (Å²) in [6, 6.07) is 17.7. The van der Waals surface area contributed by atoms with Crippen LogP contribution in [0.3, 0.4) is 0 Å². The van der Waals surface area contributed by atoms with Crippen LogP contribution in [0.5, 0.6) is 0 Å². The molecule has 0 saturated carbocycles. The quantitative estimate of drug-likeness (QED) is 0.496. The molecule has 35 heavy (non-hydrogen) atoms. The van der Waals surface area contributed by atoms with E-state index in [9.17, 15) is 18.0 Å². The Bertz CT molecular complexity index is 1240. The summed E-state index contributed by atoms with van der Waals surface area (Å²) >= 11 is 0. The number of nitrogens with zero attached hydrogens (tertiary/aromatic N) is 1. The zero-order valence-electron chi connectivity index (χ0n) is 19.5. The van der Waals surface area contributed by atoms with Crippen LogP contribution >= 0.6 is 0 Å². The van der Waals surface area contributed by atoms with Crippen molar-refractivity contribution in [3.05, 3.63) is 84.3 Å². The van der Waals surface area contributed by atoms with Crippen LogP contribution in [0.2, 0.25) is 0 Å². The minimum absolute atomic E-state index is 0.109. The third-order valence-corrected chi connectivity index (χ3v) is 7.91. The Labute approximate surface area is 205 Å². The maximum atomic E-state index is 13.1. The van der Waals surface area contributed by atoms with Gasteiger partial charge in [0.15, 0.2) is 5.76 Å². The molecule has 1 aromatic heterocycles. The van der Waals surface area contributed by atoms with Gasteiger partial charge in [0, 0.05) is 25.2 Å². The number of carbonyl (C=O) groups excluding carboxylic acids is 2. The van der Waals surface area contributed by atoms with E-state index in [2.05, 4.69) is 17.6 Å². The molecular weight excluding hydrogens is 466 g/mol. The van der Waals surface area contributed by atoms with E-state index in [0.29, 0.717) is 24.7 Å². The molecule has 0 aliphatic carbocycles. The summed E-state index contributed by atoms with van der Waals surface area (Å²) in [5.74, 6) is -0.482. The highest BCUT2D eigenvalue weighted by atomic mass is 32.2. The van der Waals surface area contributed by atoms with Crippen molar-refractivity contribution in [1.29, 1.82) is 0 Å². The van der Waals surface area contributed by atoms with Gasteiger partial charge in [-0.15, -0.1) is 0 Å². The van der Waals surface area contributed by atoms with Crippen LogP contribution < -0.4 is 10.6 Å². The molecule has 4 rings (SSSR count). The number of anilines is 1. The second kappa shape index (κ2) is 10.9. The molecule has 2 atom stereocenters. The smallest absolute Gasteiger partial charge is 0.287 e. The second-order valence-corrected chi connectivity index (χ2v) is 10.8. The van der Waals surface area contributed by atoms with Gasteiger partial charge in [-0.05, 0) is 60.7 Å². The predicted octanol–water partition coefficient (Wildman–Crippen LogP) is 3.68. The lowest BCUT2D eigenvalue weighted by atomic mass is 10.0. The van der Waals surface area contributed by atoms with Crippen molar-refractivity contribution in [3.8, 4) is 0 Å². The average Bonchev–Trinajstić information content (AvgIpc) is 3.40. The van der Waals surface area contributed by atoms with Crippen LogP contribution in [-0.2, 0) is 21.2 Å². The van der Waals surface area contributed by atoms with Gasteiger partial charge in [0.05, 0.1) is 11.2 Å². The van der Waals surface area contributed by atoms with Gasteiger partial charge < -0.3 is 15.1 Å². The van der Waals surface area contributed by atoms with Crippen LogP contribution in [-0.4, -0.2) is 43.7 Å². The lowest BCUT2D eigenvalue weighted by Gasteiger charge is -2.30. The third kappa shape index (κ3) is 6.17. The van der Waals surface area contributed by atoms with Gasteiger partial charge in [-0.25, -0.2) is 8.42 Å². The molecule has 0 radical (unpaired) electrons. The third-order valence-electron chi connectivity index (χ3n) is 6.03. The Morgan fingerprint density at radius 3 is 2.46 bits per heavy atom. The topological polar surface area (TPSA) is 109 Å². The van der Waals surface area contributed by atoms with Gasteiger partial charge in [0.2, 0.25) is 15.9 Å². The zero-order valence-corrected chi connectivity index (χ0v) is 20.3. The van der Waals surface area contributed by atoms with Crippen molar-refractivity contribution < 1.29 is 22.4 Å². The van der Waals surface area contributed by atoms with Crippen LogP contribution in [0.25, 0.3) is 0 Å². The molecule has 0 spiro atoms. The molecule has 8 nitrogen and oxygen atoms in total. The normalized spacial score (nSPS) is 17.5. The predicted molar refractivity (Wildman–Crippen MR) is 132 cm³/mol. The minimum atomic E-state index is -3.59. The van der Waals surface area contributed by atoms with E-state index < -0.39 is 27.9 Å². The molecule has 9 heteroatoms. The number of amides is 2. The fourth-order valence-corrected chi connectivity index (χ4v) is 5.75. The number of sulfonamides is 1. The maximum Gasteiger partial charge on any atom is 0.287 e. The van der Waals surface area contributed by atoms with Gasteiger partial charge in [-0.3, -0.25) is 9.59 Å². The summed E-state index contributed by atoms with van der Waals surface area (Å²) in [6.07, 6.45) is 3.54. The molecule has 0 bridgehead atoms. The number of benzene rings is 2. The maximum absolute atomic E-state index is 13.1. The number of rotatable bonds is 8. The van der Waals surface area contributed by atoms with Crippen LogP contribution in [0.15, 0.2) is 82.3 Å². The van der Waals surface area contributed by atoms with Crippen molar-refractivity contribution in [3.63, 3.8) is 0 Å². The molecule has 2 aromatic carbocycles. The first-order chi connectivity index (χ1) is 16.8. The highest BCUT2D eigenvalue weighted by molar-refractivity contribution is 7.89.